The first-order chi connectivity index (χ1) is 21.3. The zero-order valence-electron chi connectivity index (χ0n) is 30.1. The number of sulfone groups is 2. The highest BCUT2D eigenvalue weighted by molar-refractivity contribution is 7.93. The van der Waals surface area contributed by atoms with Gasteiger partial charge in [0, 0.05) is 0 Å². The molecule has 0 heterocycles. The van der Waals surface area contributed by atoms with Gasteiger partial charge in [0.2, 0.25) is 0 Å². The Balaban J connectivity index is 0.000000256. The van der Waals surface area contributed by atoms with Crippen LogP contribution in [-0.4, -0.2) is 26.3 Å². The van der Waals surface area contributed by atoms with Crippen molar-refractivity contribution in [3.8, 4) is 22.6 Å². The number of ether oxygens (including phenoxy) is 1. The summed E-state index contributed by atoms with van der Waals surface area (Å²) in [5.41, 5.74) is 4.87. The van der Waals surface area contributed by atoms with Gasteiger partial charge in [0.1, 0.15) is 11.5 Å². The monoisotopic (exact) mass is 676 g/mol. The Morgan fingerprint density at radius 1 is 0.383 bits per heavy atom. The average molecular weight is 677 g/mol. The molecule has 7 heteroatoms. The Kier molecular flexibility index (Phi) is 11.0. The molecule has 0 aliphatic carbocycles. The molecule has 47 heavy (non-hydrogen) atoms. The van der Waals surface area contributed by atoms with Crippen molar-refractivity contribution in [2.75, 3.05) is 0 Å². The van der Waals surface area contributed by atoms with Crippen molar-refractivity contribution in [3.63, 3.8) is 0 Å². The third-order valence-electron chi connectivity index (χ3n) is 7.95. The summed E-state index contributed by atoms with van der Waals surface area (Å²) in [5, 5.41) is 0. The molecule has 254 valence electrons. The maximum atomic E-state index is 12.5. The SMILES string of the molecule is CC(C)(C)c1ccc(-c2ccc(S(=O)(=O)C(C)(C)C)cc2)cc1.CC(C)(C)c1ccc(Oc2ccc(S(=O)(=O)C(C)(C)C)cc2)cc1. The van der Waals surface area contributed by atoms with Crippen LogP contribution in [0.25, 0.3) is 11.1 Å². The summed E-state index contributed by atoms with van der Waals surface area (Å²) < 4.78 is 53.9. The molecule has 0 unspecified atom stereocenters. The molecule has 0 atom stereocenters. The topological polar surface area (TPSA) is 77.5 Å². The maximum Gasteiger partial charge on any atom is 0.183 e. The van der Waals surface area contributed by atoms with Gasteiger partial charge in [-0.2, -0.15) is 0 Å². The molecule has 0 spiro atoms. The van der Waals surface area contributed by atoms with E-state index in [9.17, 15) is 16.8 Å². The zero-order chi connectivity index (χ0) is 35.6. The first kappa shape index (κ1) is 38.0. The summed E-state index contributed by atoms with van der Waals surface area (Å²) >= 11 is 0. The van der Waals surface area contributed by atoms with Crippen LogP contribution in [0.1, 0.15) is 94.2 Å². The van der Waals surface area contributed by atoms with E-state index in [1.165, 1.54) is 11.1 Å². The summed E-state index contributed by atoms with van der Waals surface area (Å²) in [6.45, 7) is 23.3. The van der Waals surface area contributed by atoms with Gasteiger partial charge in [-0.1, -0.05) is 90.1 Å². The van der Waals surface area contributed by atoms with E-state index in [1.54, 1.807) is 77.9 Å². The van der Waals surface area contributed by atoms with Crippen LogP contribution in [-0.2, 0) is 30.5 Å². The third-order valence-corrected chi connectivity index (χ3v) is 13.0. The van der Waals surface area contributed by atoms with Crippen molar-refractivity contribution < 1.29 is 21.6 Å². The van der Waals surface area contributed by atoms with Crippen LogP contribution in [0.4, 0.5) is 0 Å². The molecule has 0 saturated heterocycles. The molecule has 4 aromatic rings. The van der Waals surface area contributed by atoms with Gasteiger partial charge >= 0.3 is 0 Å². The summed E-state index contributed by atoms with van der Waals surface area (Å²) in [7, 11) is -6.65. The predicted octanol–water partition coefficient (Wildman–Crippen LogP) is 10.6. The average Bonchev–Trinajstić information content (AvgIpc) is 2.96. The fourth-order valence-electron chi connectivity index (χ4n) is 4.54. The van der Waals surface area contributed by atoms with Crippen molar-refractivity contribution in [3.05, 3.63) is 108 Å². The molecule has 0 N–H and O–H groups in total. The molecule has 0 bridgehead atoms. The molecular weight excluding hydrogens is 625 g/mol. The number of hydrogen-bond donors (Lipinski definition) is 0. The van der Waals surface area contributed by atoms with E-state index in [1.807, 2.05) is 36.4 Å². The second-order valence-electron chi connectivity index (χ2n) is 15.9. The van der Waals surface area contributed by atoms with Gasteiger partial charge in [-0.25, -0.2) is 16.8 Å². The van der Waals surface area contributed by atoms with Crippen molar-refractivity contribution in [1.29, 1.82) is 0 Å². The lowest BCUT2D eigenvalue weighted by molar-refractivity contribution is 0.481. The summed E-state index contributed by atoms with van der Waals surface area (Å²) in [4.78, 5) is 0.686. The minimum absolute atomic E-state index is 0.0987. The van der Waals surface area contributed by atoms with Crippen LogP contribution in [0.5, 0.6) is 11.5 Å². The Labute approximate surface area is 284 Å². The minimum Gasteiger partial charge on any atom is -0.457 e. The van der Waals surface area contributed by atoms with Crippen molar-refractivity contribution >= 4 is 19.7 Å². The van der Waals surface area contributed by atoms with Gasteiger partial charge in [0.05, 0.1) is 19.3 Å². The predicted molar refractivity (Wildman–Crippen MR) is 196 cm³/mol. The van der Waals surface area contributed by atoms with E-state index in [2.05, 4.69) is 65.8 Å². The van der Waals surface area contributed by atoms with Gasteiger partial charge in [0.25, 0.3) is 0 Å². The van der Waals surface area contributed by atoms with Gasteiger partial charge in [0.15, 0.2) is 19.7 Å². The standard InChI is InChI=1S/C20H26O3S.C20H26O2S/c1-19(2,3)15-7-9-16(10-8-15)23-17-11-13-18(14-12-17)24(21,22)20(4,5)6;1-19(2,3)17-11-7-15(8-12-17)16-9-13-18(14-10-16)23(21,22)20(4,5)6/h7-14H,1-6H3;7-14H,1-6H3. The molecule has 5 nitrogen and oxygen atoms in total. The smallest absolute Gasteiger partial charge is 0.183 e. The van der Waals surface area contributed by atoms with Gasteiger partial charge in [-0.3, -0.25) is 0 Å². The fraction of sp³-hybridized carbons (Fsp3) is 0.400. The highest BCUT2D eigenvalue weighted by Crippen LogP contribution is 2.31. The molecule has 4 rings (SSSR count). The molecule has 0 saturated carbocycles. The quantitative estimate of drug-likeness (QED) is 0.210. The molecule has 0 aromatic heterocycles. The van der Waals surface area contributed by atoms with E-state index in [0.717, 1.165) is 16.9 Å². The second-order valence-corrected chi connectivity index (χ2v) is 21.3. The molecule has 4 aromatic carbocycles. The van der Waals surface area contributed by atoms with Crippen molar-refractivity contribution in [2.24, 2.45) is 0 Å². The lowest BCUT2D eigenvalue weighted by atomic mass is 9.86. The number of rotatable bonds is 5. The summed E-state index contributed by atoms with van der Waals surface area (Å²) in [6.07, 6.45) is 0. The molecule has 0 aliphatic rings. The van der Waals surface area contributed by atoms with Gasteiger partial charge in [-0.05, 0) is 123 Å². The Bertz CT molecular complexity index is 1840. The van der Waals surface area contributed by atoms with E-state index in [-0.39, 0.29) is 10.8 Å². The van der Waals surface area contributed by atoms with Crippen LogP contribution in [0.15, 0.2) is 107 Å². The molecule has 0 radical (unpaired) electrons. The van der Waals surface area contributed by atoms with Crippen LogP contribution >= 0.6 is 0 Å². The Hall–Kier alpha value is -3.42. The first-order valence-electron chi connectivity index (χ1n) is 15.9. The van der Waals surface area contributed by atoms with Crippen LogP contribution in [0.2, 0.25) is 0 Å². The Morgan fingerprint density at radius 2 is 0.638 bits per heavy atom. The van der Waals surface area contributed by atoms with E-state index < -0.39 is 29.2 Å². The molecular formula is C40H52O5S2. The summed E-state index contributed by atoms with van der Waals surface area (Å²) in [5.74, 6) is 1.35. The third kappa shape index (κ3) is 9.35. The number of benzene rings is 4. The maximum absolute atomic E-state index is 12.5. The molecule has 0 amide bonds. The highest BCUT2D eigenvalue weighted by atomic mass is 32.2. The Morgan fingerprint density at radius 3 is 0.936 bits per heavy atom. The highest BCUT2D eigenvalue weighted by Gasteiger charge is 2.31. The van der Waals surface area contributed by atoms with E-state index >= 15 is 0 Å². The van der Waals surface area contributed by atoms with Gasteiger partial charge in [-0.15, -0.1) is 0 Å². The van der Waals surface area contributed by atoms with Crippen LogP contribution < -0.4 is 4.74 Å². The summed E-state index contributed by atoms with van der Waals surface area (Å²) in [6, 6.07) is 30.1. The van der Waals surface area contributed by atoms with Crippen LogP contribution in [0.3, 0.4) is 0 Å². The first-order valence-corrected chi connectivity index (χ1v) is 18.9. The van der Waals surface area contributed by atoms with E-state index in [4.69, 9.17) is 4.74 Å². The second kappa shape index (κ2) is 13.6. The van der Waals surface area contributed by atoms with Crippen molar-refractivity contribution in [1.82, 2.24) is 0 Å². The van der Waals surface area contributed by atoms with Gasteiger partial charge < -0.3 is 4.74 Å². The molecule has 0 aliphatic heterocycles. The zero-order valence-corrected chi connectivity index (χ0v) is 31.7. The largest absolute Gasteiger partial charge is 0.457 e. The van der Waals surface area contributed by atoms with Crippen molar-refractivity contribution in [2.45, 2.75) is 113 Å². The fourth-order valence-corrected chi connectivity index (χ4v) is 6.95. The van der Waals surface area contributed by atoms with Crippen LogP contribution in [0, 0.1) is 0 Å². The normalized spacial score (nSPS) is 13.0. The molecule has 0 fully saturated rings. The lowest BCUT2D eigenvalue weighted by Crippen LogP contribution is -2.27. The van der Waals surface area contributed by atoms with E-state index in [0.29, 0.717) is 15.5 Å². The number of hydrogen-bond acceptors (Lipinski definition) is 5. The minimum atomic E-state index is -3.34. The lowest BCUT2D eigenvalue weighted by Gasteiger charge is -2.20.